The quantitative estimate of drug-likeness (QED) is 0.871. The van der Waals surface area contributed by atoms with Gasteiger partial charge in [-0.05, 0) is 24.6 Å². The molecular formula is C15H16O2. The smallest absolute Gasteiger partial charge is 0.154 e. The first-order valence-electron chi connectivity index (χ1n) is 5.65. The van der Waals surface area contributed by atoms with Gasteiger partial charge in [-0.25, -0.2) is 0 Å². The van der Waals surface area contributed by atoms with Crippen LogP contribution >= 0.6 is 0 Å². The van der Waals surface area contributed by atoms with Gasteiger partial charge in [-0.15, -0.1) is 0 Å². The van der Waals surface area contributed by atoms with Crippen molar-refractivity contribution in [2.45, 2.75) is 12.5 Å². The zero-order valence-electron chi connectivity index (χ0n) is 9.84. The molecule has 0 fully saturated rings. The Morgan fingerprint density at radius 1 is 0.941 bits per heavy atom. The first kappa shape index (κ1) is 11.7. The maximum absolute atomic E-state index is 9.58. The summed E-state index contributed by atoms with van der Waals surface area (Å²) in [6.07, 6.45) is 0. The van der Waals surface area contributed by atoms with Crippen molar-refractivity contribution in [3.05, 3.63) is 66.2 Å². The largest absolute Gasteiger partial charge is 0.480 e. The van der Waals surface area contributed by atoms with Gasteiger partial charge < -0.3 is 9.84 Å². The lowest BCUT2D eigenvalue weighted by Gasteiger charge is -2.29. The van der Waals surface area contributed by atoms with E-state index in [9.17, 15) is 5.11 Å². The molecule has 2 nitrogen and oxygen atoms in total. The van der Waals surface area contributed by atoms with Crippen molar-refractivity contribution in [1.82, 2.24) is 0 Å². The number of rotatable bonds is 4. The highest BCUT2D eigenvalue weighted by Crippen LogP contribution is 2.27. The number of benzene rings is 2. The summed E-state index contributed by atoms with van der Waals surface area (Å²) in [7, 11) is 0. The van der Waals surface area contributed by atoms with Gasteiger partial charge in [0.15, 0.2) is 5.60 Å². The predicted octanol–water partition coefficient (Wildman–Crippen LogP) is 2.97. The molecule has 0 radical (unpaired) electrons. The van der Waals surface area contributed by atoms with Crippen LogP contribution in [0.3, 0.4) is 0 Å². The van der Waals surface area contributed by atoms with Crippen molar-refractivity contribution >= 4 is 0 Å². The van der Waals surface area contributed by atoms with E-state index in [4.69, 9.17) is 4.74 Å². The van der Waals surface area contributed by atoms with Gasteiger partial charge in [-0.3, -0.25) is 0 Å². The minimum absolute atomic E-state index is 0.0636. The summed E-state index contributed by atoms with van der Waals surface area (Å²) in [4.78, 5) is 0. The Hall–Kier alpha value is -1.80. The molecule has 0 amide bonds. The number of hydrogen-bond donors (Lipinski definition) is 1. The number of para-hydroxylation sites is 1. The number of ether oxygens (including phenoxy) is 1. The fourth-order valence-electron chi connectivity index (χ4n) is 1.72. The van der Waals surface area contributed by atoms with Crippen molar-refractivity contribution in [1.29, 1.82) is 0 Å². The summed E-state index contributed by atoms with van der Waals surface area (Å²) in [6.45, 7) is 1.82. The zero-order valence-corrected chi connectivity index (χ0v) is 9.84. The summed E-state index contributed by atoms with van der Waals surface area (Å²) >= 11 is 0. The van der Waals surface area contributed by atoms with E-state index in [0.717, 1.165) is 11.3 Å². The number of aliphatic hydroxyl groups is 1. The molecule has 1 atom stereocenters. The second-order valence-electron chi connectivity index (χ2n) is 4.17. The minimum atomic E-state index is -0.706. The molecule has 1 N–H and O–H groups in total. The molecule has 0 unspecified atom stereocenters. The summed E-state index contributed by atoms with van der Waals surface area (Å²) in [5.74, 6) is 0.757. The molecule has 88 valence electrons. The van der Waals surface area contributed by atoms with Crippen LogP contribution in [-0.2, 0) is 5.60 Å². The highest BCUT2D eigenvalue weighted by atomic mass is 16.5. The molecule has 0 bridgehead atoms. The summed E-state index contributed by atoms with van der Waals surface area (Å²) in [6, 6.07) is 19.3. The van der Waals surface area contributed by atoms with Crippen LogP contribution in [0.1, 0.15) is 12.5 Å². The van der Waals surface area contributed by atoms with Gasteiger partial charge >= 0.3 is 0 Å². The lowest BCUT2D eigenvalue weighted by Crippen LogP contribution is -2.33. The summed E-state index contributed by atoms with van der Waals surface area (Å²) in [5, 5.41) is 9.58. The van der Waals surface area contributed by atoms with Crippen molar-refractivity contribution in [2.75, 3.05) is 6.61 Å². The predicted molar refractivity (Wildman–Crippen MR) is 67.9 cm³/mol. The maximum Gasteiger partial charge on any atom is 0.154 e. The fraction of sp³-hybridized carbons (Fsp3) is 0.200. The molecule has 2 rings (SSSR count). The van der Waals surface area contributed by atoms with Gasteiger partial charge in [0.25, 0.3) is 0 Å². The Morgan fingerprint density at radius 2 is 1.47 bits per heavy atom. The molecule has 2 aromatic rings. The van der Waals surface area contributed by atoms with E-state index >= 15 is 0 Å². The first-order chi connectivity index (χ1) is 8.24. The second kappa shape index (κ2) is 5.02. The Labute approximate surface area is 101 Å². The van der Waals surface area contributed by atoms with E-state index in [1.54, 1.807) is 0 Å². The van der Waals surface area contributed by atoms with Crippen LogP contribution in [0.5, 0.6) is 5.75 Å². The van der Waals surface area contributed by atoms with Gasteiger partial charge in [0.05, 0.1) is 6.61 Å². The van der Waals surface area contributed by atoms with Gasteiger partial charge in [-0.1, -0.05) is 48.5 Å². The van der Waals surface area contributed by atoms with Gasteiger partial charge in [0.1, 0.15) is 5.75 Å². The highest BCUT2D eigenvalue weighted by Gasteiger charge is 2.27. The van der Waals surface area contributed by atoms with Crippen LogP contribution in [0.15, 0.2) is 60.7 Å². The van der Waals surface area contributed by atoms with E-state index in [1.165, 1.54) is 0 Å². The normalized spacial score (nSPS) is 14.0. The standard InChI is InChI=1S/C15H16O2/c1-15(12-16,13-8-4-2-5-9-13)17-14-10-6-3-7-11-14/h2-11,16H,12H2,1H3/t15-/m0/s1. The molecule has 0 saturated heterocycles. The van der Waals surface area contributed by atoms with E-state index in [2.05, 4.69) is 0 Å². The molecule has 0 spiro atoms. The molecule has 0 aliphatic carbocycles. The third kappa shape index (κ3) is 2.66. The average molecular weight is 228 g/mol. The molecule has 0 aliphatic rings. The molecule has 0 aliphatic heterocycles. The number of aliphatic hydroxyl groups excluding tert-OH is 1. The van der Waals surface area contributed by atoms with Crippen LogP contribution in [0.25, 0.3) is 0 Å². The van der Waals surface area contributed by atoms with Crippen LogP contribution in [-0.4, -0.2) is 11.7 Å². The zero-order chi connectivity index (χ0) is 12.1. The maximum atomic E-state index is 9.58. The lowest BCUT2D eigenvalue weighted by atomic mass is 9.97. The van der Waals surface area contributed by atoms with Gasteiger partial charge in [0, 0.05) is 0 Å². The Bertz CT molecular complexity index is 453. The Kier molecular flexibility index (Phi) is 3.45. The molecule has 2 aromatic carbocycles. The van der Waals surface area contributed by atoms with Gasteiger partial charge in [0.2, 0.25) is 0 Å². The molecule has 0 aromatic heterocycles. The van der Waals surface area contributed by atoms with Gasteiger partial charge in [-0.2, -0.15) is 0 Å². The highest BCUT2D eigenvalue weighted by molar-refractivity contribution is 5.27. The van der Waals surface area contributed by atoms with Crippen LogP contribution in [0, 0.1) is 0 Å². The summed E-state index contributed by atoms with van der Waals surface area (Å²) in [5.41, 5.74) is 0.258. The Balaban J connectivity index is 2.27. The fourth-order valence-corrected chi connectivity index (χ4v) is 1.72. The third-order valence-corrected chi connectivity index (χ3v) is 2.77. The first-order valence-corrected chi connectivity index (χ1v) is 5.65. The lowest BCUT2D eigenvalue weighted by molar-refractivity contribution is 0.0216. The van der Waals surface area contributed by atoms with Crippen LogP contribution in [0.2, 0.25) is 0 Å². The van der Waals surface area contributed by atoms with Crippen molar-refractivity contribution in [3.63, 3.8) is 0 Å². The van der Waals surface area contributed by atoms with E-state index in [-0.39, 0.29) is 6.61 Å². The van der Waals surface area contributed by atoms with Crippen molar-refractivity contribution in [3.8, 4) is 5.75 Å². The second-order valence-corrected chi connectivity index (χ2v) is 4.17. The average Bonchev–Trinajstić information content (AvgIpc) is 2.41. The van der Waals surface area contributed by atoms with E-state index in [1.807, 2.05) is 67.6 Å². The van der Waals surface area contributed by atoms with Crippen LogP contribution in [0.4, 0.5) is 0 Å². The van der Waals surface area contributed by atoms with E-state index in [0.29, 0.717) is 0 Å². The summed E-state index contributed by atoms with van der Waals surface area (Å²) < 4.78 is 5.89. The topological polar surface area (TPSA) is 29.5 Å². The molecule has 0 saturated carbocycles. The Morgan fingerprint density at radius 3 is 2.00 bits per heavy atom. The minimum Gasteiger partial charge on any atom is -0.480 e. The molecule has 2 heteroatoms. The molecule has 0 heterocycles. The third-order valence-electron chi connectivity index (χ3n) is 2.77. The monoisotopic (exact) mass is 228 g/mol. The van der Waals surface area contributed by atoms with Crippen molar-refractivity contribution in [2.24, 2.45) is 0 Å². The van der Waals surface area contributed by atoms with E-state index < -0.39 is 5.60 Å². The molecular weight excluding hydrogens is 212 g/mol. The molecule has 17 heavy (non-hydrogen) atoms. The SMILES string of the molecule is C[C@@](CO)(Oc1ccccc1)c1ccccc1. The van der Waals surface area contributed by atoms with Crippen molar-refractivity contribution < 1.29 is 9.84 Å². The number of hydrogen-bond acceptors (Lipinski definition) is 2. The van der Waals surface area contributed by atoms with Crippen LogP contribution < -0.4 is 4.74 Å².